The number of nitrogens with one attached hydrogen (secondary N) is 1. The molecule has 2 aromatic heterocycles. The van der Waals surface area contributed by atoms with Crippen molar-refractivity contribution in [2.45, 2.75) is 13.1 Å². The van der Waals surface area contributed by atoms with Gasteiger partial charge in [0.25, 0.3) is 0 Å². The molecule has 0 aliphatic carbocycles. The zero-order valence-electron chi connectivity index (χ0n) is 17.1. The average Bonchev–Trinajstić information content (AvgIpc) is 3.23. The summed E-state index contributed by atoms with van der Waals surface area (Å²) in [6.45, 7) is 1.23. The smallest absolute Gasteiger partial charge is 0.505 e. The van der Waals surface area contributed by atoms with Crippen molar-refractivity contribution >= 4 is 30.4 Å². The van der Waals surface area contributed by atoms with E-state index in [0.29, 0.717) is 41.3 Å². The second kappa shape index (κ2) is 9.36. The molecule has 0 fully saturated rings. The summed E-state index contributed by atoms with van der Waals surface area (Å²) in [6, 6.07) is 21.9. The maximum atomic E-state index is 12.3. The highest BCUT2D eigenvalue weighted by Gasteiger charge is 2.21. The van der Waals surface area contributed by atoms with Gasteiger partial charge in [0.2, 0.25) is 0 Å². The Morgan fingerprint density at radius 2 is 1.68 bits per heavy atom. The SMILES string of the molecule is COC(=O)c1cnc(N(Cc2ccccc2)Cc2ccccc2)c2[nH]c(OBO)cc12. The lowest BCUT2D eigenvalue weighted by Gasteiger charge is -2.25. The molecule has 0 bridgehead atoms. The number of benzene rings is 2. The van der Waals surface area contributed by atoms with Crippen molar-refractivity contribution in [1.29, 1.82) is 0 Å². The van der Waals surface area contributed by atoms with Crippen molar-refractivity contribution < 1.29 is 19.2 Å². The Labute approximate surface area is 180 Å². The Hall–Kier alpha value is -3.78. The predicted octanol–water partition coefficient (Wildman–Crippen LogP) is 3.19. The number of pyridine rings is 1. The van der Waals surface area contributed by atoms with Crippen LogP contribution in [0.1, 0.15) is 21.5 Å². The topological polar surface area (TPSA) is 87.7 Å². The van der Waals surface area contributed by atoms with E-state index in [0.717, 1.165) is 11.1 Å². The molecule has 2 N–H and O–H groups in total. The number of aromatic nitrogens is 2. The lowest BCUT2D eigenvalue weighted by molar-refractivity contribution is 0.0602. The number of aromatic amines is 1. The molecule has 0 spiro atoms. The summed E-state index contributed by atoms with van der Waals surface area (Å²) < 4.78 is 10.1. The van der Waals surface area contributed by atoms with E-state index in [1.165, 1.54) is 13.3 Å². The first-order valence-electron chi connectivity index (χ1n) is 9.86. The molecule has 0 radical (unpaired) electrons. The molecule has 0 aliphatic rings. The van der Waals surface area contributed by atoms with Crippen LogP contribution in [0.25, 0.3) is 10.9 Å². The van der Waals surface area contributed by atoms with E-state index in [2.05, 4.69) is 39.1 Å². The first kappa shape index (κ1) is 20.5. The van der Waals surface area contributed by atoms with E-state index in [9.17, 15) is 9.82 Å². The summed E-state index contributed by atoms with van der Waals surface area (Å²) in [5.41, 5.74) is 3.22. The van der Waals surface area contributed by atoms with Crippen LogP contribution in [0.2, 0.25) is 0 Å². The van der Waals surface area contributed by atoms with E-state index in [-0.39, 0.29) is 0 Å². The van der Waals surface area contributed by atoms with Crippen LogP contribution in [0.15, 0.2) is 72.9 Å². The van der Waals surface area contributed by atoms with Gasteiger partial charge in [-0.3, -0.25) is 0 Å². The van der Waals surface area contributed by atoms with Gasteiger partial charge in [0, 0.05) is 30.7 Å². The van der Waals surface area contributed by atoms with Gasteiger partial charge in [-0.25, -0.2) is 9.78 Å². The number of hydrogen-bond acceptors (Lipinski definition) is 6. The van der Waals surface area contributed by atoms with Crippen molar-refractivity contribution in [2.75, 3.05) is 12.0 Å². The standard InChI is InChI=1S/C23H22BN3O4/c1-30-23(28)19-13-25-22(21-18(19)12-20(26-21)31-24-29)27(14-16-8-4-2-5-9-16)15-17-10-6-3-7-11-17/h2-13,24,26,29H,14-15H2,1H3. The third kappa shape index (κ3) is 4.54. The normalized spacial score (nSPS) is 10.6. The fraction of sp³-hybridized carbons (Fsp3) is 0.130. The highest BCUT2D eigenvalue weighted by molar-refractivity contribution is 6.17. The molecule has 2 heterocycles. The molecule has 7 nitrogen and oxygen atoms in total. The summed E-state index contributed by atoms with van der Waals surface area (Å²) in [7, 11) is 0.845. The Kier molecular flexibility index (Phi) is 6.19. The molecule has 0 amide bonds. The summed E-state index contributed by atoms with van der Waals surface area (Å²) in [6.07, 6.45) is 1.52. The van der Waals surface area contributed by atoms with Crippen LogP contribution in [-0.2, 0) is 17.8 Å². The number of anilines is 1. The maximum Gasteiger partial charge on any atom is 0.505 e. The van der Waals surface area contributed by atoms with Crippen molar-refractivity contribution in [3.8, 4) is 5.88 Å². The number of methoxy groups -OCH3 is 1. The Bertz CT molecular complexity index is 1120. The van der Waals surface area contributed by atoms with Crippen LogP contribution in [-0.4, -0.2) is 35.8 Å². The first-order chi connectivity index (χ1) is 15.2. The highest BCUT2D eigenvalue weighted by atomic mass is 16.5. The molecule has 0 saturated carbocycles. The van der Waals surface area contributed by atoms with Crippen LogP contribution in [0, 0.1) is 0 Å². The molecule has 0 saturated heterocycles. The third-order valence-corrected chi connectivity index (χ3v) is 4.98. The minimum atomic E-state index is -0.490. The molecule has 0 aliphatic heterocycles. The van der Waals surface area contributed by atoms with E-state index in [4.69, 9.17) is 9.39 Å². The van der Waals surface area contributed by atoms with Crippen molar-refractivity contribution in [3.05, 3.63) is 89.6 Å². The lowest BCUT2D eigenvalue weighted by Crippen LogP contribution is -2.24. The summed E-state index contributed by atoms with van der Waals surface area (Å²) in [5, 5.41) is 9.79. The van der Waals surface area contributed by atoms with Crippen molar-refractivity contribution in [1.82, 2.24) is 9.97 Å². The molecule has 4 aromatic rings. The fourth-order valence-electron chi connectivity index (χ4n) is 3.55. The monoisotopic (exact) mass is 415 g/mol. The average molecular weight is 415 g/mol. The summed E-state index contributed by atoms with van der Waals surface area (Å²) >= 11 is 0. The Balaban J connectivity index is 1.82. The summed E-state index contributed by atoms with van der Waals surface area (Å²) in [5.74, 6) is 0.524. The molecule has 31 heavy (non-hydrogen) atoms. The minimum absolute atomic E-state index is 0.324. The zero-order chi connectivity index (χ0) is 21.6. The number of hydrogen-bond donors (Lipinski definition) is 2. The second-order valence-corrected chi connectivity index (χ2v) is 7.01. The van der Waals surface area contributed by atoms with E-state index in [1.807, 2.05) is 36.4 Å². The number of H-pyrrole nitrogens is 1. The molecule has 0 unspecified atom stereocenters. The molecule has 2 aromatic carbocycles. The number of carbonyl (C=O) groups excluding carboxylic acids is 1. The van der Waals surface area contributed by atoms with Crippen LogP contribution in [0.5, 0.6) is 5.88 Å². The van der Waals surface area contributed by atoms with Gasteiger partial charge in [-0.15, -0.1) is 0 Å². The third-order valence-electron chi connectivity index (χ3n) is 4.98. The van der Waals surface area contributed by atoms with E-state index in [1.54, 1.807) is 6.07 Å². The molecule has 8 heteroatoms. The maximum absolute atomic E-state index is 12.3. The molecular formula is C23H22BN3O4. The van der Waals surface area contributed by atoms with E-state index >= 15 is 0 Å². The van der Waals surface area contributed by atoms with Gasteiger partial charge >= 0.3 is 13.7 Å². The van der Waals surface area contributed by atoms with Crippen LogP contribution >= 0.6 is 0 Å². The van der Waals surface area contributed by atoms with Gasteiger partial charge in [-0.1, -0.05) is 60.7 Å². The molecule has 4 rings (SSSR count). The van der Waals surface area contributed by atoms with Gasteiger partial charge < -0.3 is 24.3 Å². The number of fused-ring (bicyclic) bond motifs is 1. The fourth-order valence-corrected chi connectivity index (χ4v) is 3.55. The second-order valence-electron chi connectivity index (χ2n) is 7.01. The quantitative estimate of drug-likeness (QED) is 0.340. The Morgan fingerprint density at radius 3 is 2.23 bits per heavy atom. The number of nitrogens with zero attached hydrogens (tertiary/aromatic N) is 2. The number of ether oxygens (including phenoxy) is 1. The Morgan fingerprint density at radius 1 is 1.06 bits per heavy atom. The zero-order valence-corrected chi connectivity index (χ0v) is 17.1. The van der Waals surface area contributed by atoms with Crippen molar-refractivity contribution in [3.63, 3.8) is 0 Å². The van der Waals surface area contributed by atoms with Gasteiger partial charge in [0.15, 0.2) is 11.7 Å². The lowest BCUT2D eigenvalue weighted by atomic mass is 10.1. The number of carbonyl (C=O) groups is 1. The van der Waals surface area contributed by atoms with E-state index < -0.39 is 13.7 Å². The van der Waals surface area contributed by atoms with Crippen LogP contribution < -0.4 is 9.55 Å². The van der Waals surface area contributed by atoms with Crippen LogP contribution in [0.3, 0.4) is 0 Å². The van der Waals surface area contributed by atoms with Gasteiger partial charge in [-0.2, -0.15) is 0 Å². The van der Waals surface area contributed by atoms with Gasteiger partial charge in [-0.05, 0) is 11.1 Å². The van der Waals surface area contributed by atoms with Crippen LogP contribution in [0.4, 0.5) is 5.82 Å². The predicted molar refractivity (Wildman–Crippen MR) is 120 cm³/mol. The van der Waals surface area contributed by atoms with Crippen molar-refractivity contribution in [2.24, 2.45) is 0 Å². The first-order valence-corrected chi connectivity index (χ1v) is 9.86. The molecular weight excluding hydrogens is 393 g/mol. The molecule has 0 atom stereocenters. The molecule has 156 valence electrons. The number of rotatable bonds is 8. The minimum Gasteiger partial charge on any atom is -0.526 e. The number of esters is 1. The van der Waals surface area contributed by atoms with Gasteiger partial charge in [0.1, 0.15) is 0 Å². The van der Waals surface area contributed by atoms with Gasteiger partial charge in [0.05, 0.1) is 18.2 Å². The highest BCUT2D eigenvalue weighted by Crippen LogP contribution is 2.32. The largest absolute Gasteiger partial charge is 0.526 e. The summed E-state index contributed by atoms with van der Waals surface area (Å²) in [4.78, 5) is 22.2.